The van der Waals surface area contributed by atoms with Crippen LogP contribution in [-0.4, -0.2) is 52.2 Å². The molecule has 140 valence electrons. The van der Waals surface area contributed by atoms with E-state index in [2.05, 4.69) is 15.4 Å². The first-order valence-corrected chi connectivity index (χ1v) is 10.3. The molecule has 3 rings (SSSR count). The van der Waals surface area contributed by atoms with Crippen LogP contribution in [0.4, 0.5) is 0 Å². The molecule has 1 amide bonds. The van der Waals surface area contributed by atoms with Crippen LogP contribution in [0.1, 0.15) is 41.9 Å². The standard InChI is InChI=1S/C17H23N5O3S/c1-2-10-26(24,25)21-12-15(22-16(13-21)6-9-20-22)5-8-19-17(23)14-4-3-7-18-11-14/h3-4,6-7,9,11,15H,2,5,8,10,12-13H2,1H3,(H,19,23)/t15-/m1/s1. The fraction of sp³-hybridized carbons (Fsp3) is 0.471. The predicted octanol–water partition coefficient (Wildman–Crippen LogP) is 1.19. The van der Waals surface area contributed by atoms with Gasteiger partial charge in [-0.15, -0.1) is 0 Å². The van der Waals surface area contributed by atoms with Gasteiger partial charge in [-0.2, -0.15) is 9.40 Å². The zero-order valence-electron chi connectivity index (χ0n) is 14.7. The van der Waals surface area contributed by atoms with Gasteiger partial charge in [-0.05, 0) is 31.0 Å². The Morgan fingerprint density at radius 2 is 2.19 bits per heavy atom. The lowest BCUT2D eigenvalue weighted by Crippen LogP contribution is -2.43. The number of aromatic nitrogens is 3. The van der Waals surface area contributed by atoms with Crippen molar-refractivity contribution >= 4 is 15.9 Å². The van der Waals surface area contributed by atoms with Crippen molar-refractivity contribution in [1.29, 1.82) is 0 Å². The molecule has 9 heteroatoms. The van der Waals surface area contributed by atoms with Crippen molar-refractivity contribution in [2.24, 2.45) is 0 Å². The Kier molecular flexibility index (Phi) is 5.67. The maximum atomic E-state index is 12.4. The normalized spacial score (nSPS) is 17.7. The van der Waals surface area contributed by atoms with Gasteiger partial charge in [0.05, 0.1) is 29.6 Å². The molecule has 0 spiro atoms. The second-order valence-electron chi connectivity index (χ2n) is 6.32. The van der Waals surface area contributed by atoms with Gasteiger partial charge < -0.3 is 5.32 Å². The van der Waals surface area contributed by atoms with Crippen LogP contribution in [-0.2, 0) is 16.6 Å². The molecule has 1 atom stereocenters. The summed E-state index contributed by atoms with van der Waals surface area (Å²) in [5.41, 5.74) is 1.38. The van der Waals surface area contributed by atoms with Crippen LogP contribution in [0, 0.1) is 0 Å². The largest absolute Gasteiger partial charge is 0.352 e. The predicted molar refractivity (Wildman–Crippen MR) is 96.9 cm³/mol. The van der Waals surface area contributed by atoms with E-state index in [-0.39, 0.29) is 17.7 Å². The van der Waals surface area contributed by atoms with Crippen LogP contribution >= 0.6 is 0 Å². The number of pyridine rings is 1. The molecule has 0 radical (unpaired) electrons. The van der Waals surface area contributed by atoms with Gasteiger partial charge in [-0.25, -0.2) is 8.42 Å². The number of nitrogens with zero attached hydrogens (tertiary/aromatic N) is 4. The molecular formula is C17H23N5O3S. The van der Waals surface area contributed by atoms with E-state index in [4.69, 9.17) is 0 Å². The van der Waals surface area contributed by atoms with Crippen molar-refractivity contribution in [3.63, 3.8) is 0 Å². The Balaban J connectivity index is 1.64. The van der Waals surface area contributed by atoms with Crippen molar-refractivity contribution in [3.8, 4) is 0 Å². The van der Waals surface area contributed by atoms with Crippen LogP contribution in [0.5, 0.6) is 0 Å². The highest BCUT2D eigenvalue weighted by Crippen LogP contribution is 2.25. The van der Waals surface area contributed by atoms with Crippen LogP contribution < -0.4 is 5.32 Å². The number of fused-ring (bicyclic) bond motifs is 1. The summed E-state index contributed by atoms with van der Waals surface area (Å²) in [6, 6.07) is 5.15. The summed E-state index contributed by atoms with van der Waals surface area (Å²) in [5, 5.41) is 7.19. The molecule has 0 aromatic carbocycles. The third-order valence-corrected chi connectivity index (χ3v) is 6.38. The number of carbonyl (C=O) groups excluding carboxylic acids is 1. The Labute approximate surface area is 153 Å². The molecule has 1 N–H and O–H groups in total. The van der Waals surface area contributed by atoms with E-state index in [0.29, 0.717) is 38.0 Å². The van der Waals surface area contributed by atoms with Crippen molar-refractivity contribution in [1.82, 2.24) is 24.4 Å². The lowest BCUT2D eigenvalue weighted by molar-refractivity contribution is 0.0949. The van der Waals surface area contributed by atoms with Crippen molar-refractivity contribution < 1.29 is 13.2 Å². The second-order valence-corrected chi connectivity index (χ2v) is 8.40. The summed E-state index contributed by atoms with van der Waals surface area (Å²) in [4.78, 5) is 16.0. The SMILES string of the molecule is CCCS(=O)(=O)N1Cc2ccnn2[C@H](CCNC(=O)c2cccnc2)C1. The number of amides is 1. The monoisotopic (exact) mass is 377 g/mol. The molecule has 0 aliphatic carbocycles. The van der Waals surface area contributed by atoms with E-state index < -0.39 is 10.0 Å². The molecule has 0 fully saturated rings. The van der Waals surface area contributed by atoms with E-state index >= 15 is 0 Å². The highest BCUT2D eigenvalue weighted by atomic mass is 32.2. The second kappa shape index (κ2) is 7.96. The number of hydrogen-bond acceptors (Lipinski definition) is 5. The van der Waals surface area contributed by atoms with Crippen LogP contribution in [0.3, 0.4) is 0 Å². The lowest BCUT2D eigenvalue weighted by Gasteiger charge is -2.33. The van der Waals surface area contributed by atoms with E-state index in [0.717, 1.165) is 5.69 Å². The van der Waals surface area contributed by atoms with Gasteiger partial charge in [0.15, 0.2) is 0 Å². The minimum absolute atomic E-state index is 0.102. The number of sulfonamides is 1. The Hall–Kier alpha value is -2.26. The van der Waals surface area contributed by atoms with Gasteiger partial charge in [0.25, 0.3) is 5.91 Å². The summed E-state index contributed by atoms with van der Waals surface area (Å²) in [7, 11) is -3.27. The zero-order valence-corrected chi connectivity index (χ0v) is 15.5. The summed E-state index contributed by atoms with van der Waals surface area (Å²) < 4.78 is 28.3. The van der Waals surface area contributed by atoms with Gasteiger partial charge >= 0.3 is 0 Å². The van der Waals surface area contributed by atoms with Gasteiger partial charge in [0.1, 0.15) is 0 Å². The summed E-state index contributed by atoms with van der Waals surface area (Å²) in [6.07, 6.45) is 6.00. The Morgan fingerprint density at radius 1 is 1.35 bits per heavy atom. The van der Waals surface area contributed by atoms with Crippen molar-refractivity contribution in [2.75, 3.05) is 18.8 Å². The highest BCUT2D eigenvalue weighted by molar-refractivity contribution is 7.89. The average molecular weight is 377 g/mol. The molecule has 0 bridgehead atoms. The number of hydrogen-bond donors (Lipinski definition) is 1. The fourth-order valence-corrected chi connectivity index (χ4v) is 4.62. The first-order chi connectivity index (χ1) is 12.5. The maximum absolute atomic E-state index is 12.4. The van der Waals surface area contributed by atoms with Gasteiger partial charge in [-0.3, -0.25) is 14.5 Å². The molecule has 26 heavy (non-hydrogen) atoms. The number of rotatable bonds is 7. The third kappa shape index (κ3) is 4.10. The van der Waals surface area contributed by atoms with Gasteiger partial charge in [0.2, 0.25) is 10.0 Å². The van der Waals surface area contributed by atoms with Gasteiger partial charge in [-0.1, -0.05) is 6.92 Å². The van der Waals surface area contributed by atoms with Crippen LogP contribution in [0.25, 0.3) is 0 Å². The minimum Gasteiger partial charge on any atom is -0.352 e. The number of nitrogens with one attached hydrogen (secondary N) is 1. The number of carbonyl (C=O) groups is 1. The Bertz CT molecular complexity index is 850. The van der Waals surface area contributed by atoms with E-state index in [1.165, 1.54) is 10.5 Å². The average Bonchev–Trinajstić information content (AvgIpc) is 3.11. The quantitative estimate of drug-likeness (QED) is 0.782. The molecule has 3 heterocycles. The van der Waals surface area contributed by atoms with Gasteiger partial charge in [0, 0.05) is 31.7 Å². The molecule has 8 nitrogen and oxygen atoms in total. The van der Waals surface area contributed by atoms with E-state index in [9.17, 15) is 13.2 Å². The molecule has 0 unspecified atom stereocenters. The third-order valence-electron chi connectivity index (χ3n) is 4.39. The minimum atomic E-state index is -3.27. The highest BCUT2D eigenvalue weighted by Gasteiger charge is 2.32. The lowest BCUT2D eigenvalue weighted by atomic mass is 10.1. The van der Waals surface area contributed by atoms with Crippen LogP contribution in [0.2, 0.25) is 0 Å². The maximum Gasteiger partial charge on any atom is 0.252 e. The topological polar surface area (TPSA) is 97.2 Å². The first kappa shape index (κ1) is 18.5. The first-order valence-electron chi connectivity index (χ1n) is 8.69. The van der Waals surface area contributed by atoms with Crippen LogP contribution in [0.15, 0.2) is 36.8 Å². The summed E-state index contributed by atoms with van der Waals surface area (Å²) in [6.45, 7) is 3.01. The summed E-state index contributed by atoms with van der Waals surface area (Å²) >= 11 is 0. The molecule has 1 aliphatic rings. The molecular weight excluding hydrogens is 354 g/mol. The Morgan fingerprint density at radius 3 is 2.92 bits per heavy atom. The van der Waals surface area contributed by atoms with Crippen molar-refractivity contribution in [2.45, 2.75) is 32.4 Å². The smallest absolute Gasteiger partial charge is 0.252 e. The van der Waals surface area contributed by atoms with E-state index in [1.807, 2.05) is 17.7 Å². The molecule has 2 aromatic rings. The fourth-order valence-electron chi connectivity index (χ4n) is 3.12. The van der Waals surface area contributed by atoms with E-state index in [1.54, 1.807) is 24.5 Å². The molecule has 0 saturated carbocycles. The molecule has 1 aliphatic heterocycles. The summed E-state index contributed by atoms with van der Waals surface area (Å²) in [5.74, 6) is -0.0453. The molecule has 2 aromatic heterocycles. The zero-order chi connectivity index (χ0) is 18.6. The van der Waals surface area contributed by atoms with Crippen molar-refractivity contribution in [3.05, 3.63) is 48.0 Å². The molecule has 0 saturated heterocycles.